The first-order valence-electron chi connectivity index (χ1n) is 7.52. The molecule has 3 atom stereocenters. The van der Waals surface area contributed by atoms with Crippen LogP contribution in [0.3, 0.4) is 0 Å². The Balaban J connectivity index is 2.43. The van der Waals surface area contributed by atoms with Crippen LogP contribution in [0, 0.1) is 22.6 Å². The second kappa shape index (κ2) is 6.05. The standard InChI is InChI=1S/C17H22FN3O/c1-11(20)16(22)21-14(12-5-4-6-13(18)9-12)7-8-15(21)17(2,3)10-19/h4-6,9,11,14-15H,7-8,20H2,1-3H3/t11?,14-,15+/m0/s1. The van der Waals surface area contributed by atoms with Crippen LogP contribution in [0.15, 0.2) is 24.3 Å². The van der Waals surface area contributed by atoms with Gasteiger partial charge in [-0.1, -0.05) is 12.1 Å². The first-order valence-corrected chi connectivity index (χ1v) is 7.52. The van der Waals surface area contributed by atoms with E-state index in [9.17, 15) is 14.4 Å². The van der Waals surface area contributed by atoms with Crippen molar-refractivity contribution in [3.8, 4) is 6.07 Å². The van der Waals surface area contributed by atoms with Gasteiger partial charge >= 0.3 is 0 Å². The van der Waals surface area contributed by atoms with Gasteiger partial charge in [0, 0.05) is 0 Å². The monoisotopic (exact) mass is 303 g/mol. The quantitative estimate of drug-likeness (QED) is 0.933. The van der Waals surface area contributed by atoms with Crippen molar-refractivity contribution >= 4 is 5.91 Å². The Bertz CT molecular complexity index is 606. The zero-order valence-corrected chi connectivity index (χ0v) is 13.2. The molecule has 1 fully saturated rings. The molecule has 5 heteroatoms. The van der Waals surface area contributed by atoms with Crippen molar-refractivity contribution in [3.63, 3.8) is 0 Å². The van der Waals surface area contributed by atoms with Gasteiger partial charge in [-0.2, -0.15) is 5.26 Å². The van der Waals surface area contributed by atoms with Crippen molar-refractivity contribution in [2.45, 2.75) is 51.7 Å². The minimum absolute atomic E-state index is 0.194. The van der Waals surface area contributed by atoms with E-state index in [0.717, 1.165) is 5.56 Å². The molecular formula is C17H22FN3O. The van der Waals surface area contributed by atoms with E-state index in [0.29, 0.717) is 12.8 Å². The minimum Gasteiger partial charge on any atom is -0.330 e. The number of nitrogens with two attached hydrogens (primary N) is 1. The number of benzene rings is 1. The van der Waals surface area contributed by atoms with Gasteiger partial charge in [0.15, 0.2) is 0 Å². The predicted molar refractivity (Wildman–Crippen MR) is 82.1 cm³/mol. The first kappa shape index (κ1) is 16.4. The largest absolute Gasteiger partial charge is 0.330 e. The SMILES string of the molecule is CC(N)C(=O)N1[C@H](c2cccc(F)c2)CC[C@@H]1C(C)(C)C#N. The van der Waals surface area contributed by atoms with Gasteiger partial charge in [0.25, 0.3) is 0 Å². The average molecular weight is 303 g/mol. The molecule has 0 saturated carbocycles. The van der Waals surface area contributed by atoms with Crippen molar-refractivity contribution in [3.05, 3.63) is 35.6 Å². The molecule has 2 rings (SSSR count). The lowest BCUT2D eigenvalue weighted by Gasteiger charge is -2.37. The molecule has 118 valence electrons. The summed E-state index contributed by atoms with van der Waals surface area (Å²) in [5.41, 5.74) is 5.87. The van der Waals surface area contributed by atoms with E-state index in [1.807, 2.05) is 19.9 Å². The molecule has 2 N–H and O–H groups in total. The first-order chi connectivity index (χ1) is 10.3. The van der Waals surface area contributed by atoms with Crippen LogP contribution in [0.4, 0.5) is 4.39 Å². The van der Waals surface area contributed by atoms with Crippen LogP contribution < -0.4 is 5.73 Å². The Kier molecular flexibility index (Phi) is 4.52. The number of hydrogen-bond acceptors (Lipinski definition) is 3. The van der Waals surface area contributed by atoms with Gasteiger partial charge < -0.3 is 10.6 Å². The van der Waals surface area contributed by atoms with Crippen LogP contribution in [0.1, 0.15) is 45.2 Å². The smallest absolute Gasteiger partial charge is 0.240 e. The third-order valence-electron chi connectivity index (χ3n) is 4.38. The summed E-state index contributed by atoms with van der Waals surface area (Å²) >= 11 is 0. The molecule has 1 heterocycles. The molecule has 22 heavy (non-hydrogen) atoms. The number of carbonyl (C=O) groups is 1. The number of rotatable bonds is 3. The number of likely N-dealkylation sites (tertiary alicyclic amines) is 1. The molecule has 0 bridgehead atoms. The lowest BCUT2D eigenvalue weighted by Crippen LogP contribution is -2.50. The topological polar surface area (TPSA) is 70.1 Å². The van der Waals surface area contributed by atoms with Crippen molar-refractivity contribution < 1.29 is 9.18 Å². The Morgan fingerprint density at radius 2 is 2.18 bits per heavy atom. The number of amides is 1. The lowest BCUT2D eigenvalue weighted by molar-refractivity contribution is -0.137. The van der Waals surface area contributed by atoms with Gasteiger partial charge in [-0.05, 0) is 51.3 Å². The second-order valence-corrected chi connectivity index (χ2v) is 6.53. The summed E-state index contributed by atoms with van der Waals surface area (Å²) in [6.45, 7) is 5.29. The summed E-state index contributed by atoms with van der Waals surface area (Å²) < 4.78 is 13.5. The van der Waals surface area contributed by atoms with Crippen molar-refractivity contribution in [2.24, 2.45) is 11.1 Å². The lowest BCUT2D eigenvalue weighted by atomic mass is 9.84. The fourth-order valence-electron chi connectivity index (χ4n) is 3.18. The normalized spacial score (nSPS) is 23.2. The maximum atomic E-state index is 13.5. The molecule has 1 aliphatic rings. The van der Waals surface area contributed by atoms with Crippen molar-refractivity contribution in [1.82, 2.24) is 4.90 Å². The molecule has 4 nitrogen and oxygen atoms in total. The van der Waals surface area contributed by atoms with Crippen LogP contribution in [-0.2, 0) is 4.79 Å². The van der Waals surface area contributed by atoms with Crippen LogP contribution in [0.2, 0.25) is 0 Å². The molecule has 1 aromatic carbocycles. The van der Waals surface area contributed by atoms with Crippen molar-refractivity contribution in [2.75, 3.05) is 0 Å². The molecule has 1 aliphatic heterocycles. The number of nitrogens with zero attached hydrogens (tertiary/aromatic N) is 2. The summed E-state index contributed by atoms with van der Waals surface area (Å²) in [5.74, 6) is -0.520. The summed E-state index contributed by atoms with van der Waals surface area (Å²) in [6, 6.07) is 7.48. The highest BCUT2D eigenvalue weighted by Gasteiger charge is 2.45. The van der Waals surface area contributed by atoms with Gasteiger partial charge in [0.2, 0.25) is 5.91 Å². The summed E-state index contributed by atoms with van der Waals surface area (Å²) in [6.07, 6.45) is 1.41. The predicted octanol–water partition coefficient (Wildman–Crippen LogP) is 2.75. The van der Waals surface area contributed by atoms with E-state index >= 15 is 0 Å². The highest BCUT2D eigenvalue weighted by atomic mass is 19.1. The summed E-state index contributed by atoms with van der Waals surface area (Å²) in [4.78, 5) is 14.3. The highest BCUT2D eigenvalue weighted by Crippen LogP contribution is 2.43. The Morgan fingerprint density at radius 1 is 1.50 bits per heavy atom. The van der Waals surface area contributed by atoms with Gasteiger partial charge in [0.05, 0.1) is 29.6 Å². The summed E-state index contributed by atoms with van der Waals surface area (Å²) in [7, 11) is 0. The van der Waals surface area contributed by atoms with Gasteiger partial charge in [-0.3, -0.25) is 4.79 Å². The Labute approximate surface area is 130 Å². The molecule has 1 unspecified atom stereocenters. The van der Waals surface area contributed by atoms with Crippen LogP contribution >= 0.6 is 0 Å². The van der Waals surface area contributed by atoms with Crippen molar-refractivity contribution in [1.29, 1.82) is 5.26 Å². The third-order valence-corrected chi connectivity index (χ3v) is 4.38. The van der Waals surface area contributed by atoms with Gasteiger partial charge in [0.1, 0.15) is 5.82 Å². The van der Waals surface area contributed by atoms with E-state index in [2.05, 4.69) is 6.07 Å². The molecule has 1 amide bonds. The molecule has 0 radical (unpaired) electrons. The van der Waals surface area contributed by atoms with Crippen LogP contribution in [-0.4, -0.2) is 22.9 Å². The molecular weight excluding hydrogens is 281 g/mol. The van der Waals surface area contributed by atoms with Crippen LogP contribution in [0.5, 0.6) is 0 Å². The zero-order valence-electron chi connectivity index (χ0n) is 13.2. The fraction of sp³-hybridized carbons (Fsp3) is 0.529. The molecule has 1 saturated heterocycles. The zero-order chi connectivity index (χ0) is 16.5. The second-order valence-electron chi connectivity index (χ2n) is 6.53. The van der Waals surface area contributed by atoms with Crippen LogP contribution in [0.25, 0.3) is 0 Å². The van der Waals surface area contributed by atoms with Gasteiger partial charge in [-0.15, -0.1) is 0 Å². The highest BCUT2D eigenvalue weighted by molar-refractivity contribution is 5.82. The minimum atomic E-state index is -0.674. The molecule has 1 aromatic rings. The molecule has 0 aliphatic carbocycles. The average Bonchev–Trinajstić information content (AvgIpc) is 2.91. The van der Waals surface area contributed by atoms with E-state index in [-0.39, 0.29) is 23.8 Å². The van der Waals surface area contributed by atoms with E-state index in [1.54, 1.807) is 17.9 Å². The van der Waals surface area contributed by atoms with E-state index in [1.165, 1.54) is 12.1 Å². The van der Waals surface area contributed by atoms with Gasteiger partial charge in [-0.25, -0.2) is 4.39 Å². The van der Waals surface area contributed by atoms with E-state index in [4.69, 9.17) is 5.73 Å². The Morgan fingerprint density at radius 3 is 2.73 bits per heavy atom. The van der Waals surface area contributed by atoms with E-state index < -0.39 is 11.5 Å². The number of hydrogen-bond donors (Lipinski definition) is 1. The Hall–Kier alpha value is -1.93. The molecule has 0 aromatic heterocycles. The fourth-order valence-corrected chi connectivity index (χ4v) is 3.18. The molecule has 0 spiro atoms. The number of halogens is 1. The maximum absolute atomic E-state index is 13.5. The summed E-state index contributed by atoms with van der Waals surface area (Å²) in [5, 5.41) is 9.41. The number of carbonyl (C=O) groups excluding carboxylic acids is 1. The third kappa shape index (κ3) is 2.97. The number of nitriles is 1. The maximum Gasteiger partial charge on any atom is 0.240 e.